The normalized spacial score (nSPS) is 16.9. The predicted molar refractivity (Wildman–Crippen MR) is 58.1 cm³/mol. The molecule has 18 heavy (non-hydrogen) atoms. The third-order valence-electron chi connectivity index (χ3n) is 2.72. The molecule has 2 unspecified atom stereocenters. The van der Waals surface area contributed by atoms with Crippen LogP contribution in [0.15, 0.2) is 0 Å². The van der Waals surface area contributed by atoms with Gasteiger partial charge in [-0.3, -0.25) is 0 Å². The second-order valence-electron chi connectivity index (χ2n) is 4.56. The minimum Gasteiger partial charge on any atom is -0.479 e. The molecule has 0 aliphatic heterocycles. The maximum atomic E-state index is 12.6. The SMILES string of the molecule is CC(C)C(C)NC(=O)NC(C)(C(=O)O)C(F)(F)F. The minimum absolute atomic E-state index is 0.0118. The molecule has 0 radical (unpaired) electrons. The molecule has 0 fully saturated rings. The summed E-state index contributed by atoms with van der Waals surface area (Å²) in [4.78, 5) is 22.0. The number of alkyl halides is 3. The average molecular weight is 270 g/mol. The first-order valence-electron chi connectivity index (χ1n) is 5.30. The standard InChI is InChI=1S/C10H17F3N2O3/c1-5(2)6(3)14-8(18)15-9(4,7(16)17)10(11,12)13/h5-6H,1-4H3,(H,16,17)(H2,14,15,18). The summed E-state index contributed by atoms with van der Waals surface area (Å²) in [6.45, 7) is 5.54. The van der Waals surface area contributed by atoms with Crippen LogP contribution in [0, 0.1) is 5.92 Å². The molecule has 106 valence electrons. The average Bonchev–Trinajstić information content (AvgIpc) is 2.14. The first-order chi connectivity index (χ1) is 7.91. The molecule has 0 saturated carbocycles. The van der Waals surface area contributed by atoms with Crippen molar-refractivity contribution in [3.63, 3.8) is 0 Å². The highest BCUT2D eigenvalue weighted by Gasteiger charge is 2.58. The number of carboxylic acid groups (broad SMARTS) is 1. The third kappa shape index (κ3) is 3.78. The van der Waals surface area contributed by atoms with Crippen LogP contribution in [0.2, 0.25) is 0 Å². The van der Waals surface area contributed by atoms with Gasteiger partial charge in [-0.1, -0.05) is 13.8 Å². The maximum absolute atomic E-state index is 12.6. The van der Waals surface area contributed by atoms with Crippen LogP contribution in [0.5, 0.6) is 0 Å². The zero-order chi connectivity index (χ0) is 14.7. The van der Waals surface area contributed by atoms with Gasteiger partial charge in [-0.05, 0) is 19.8 Å². The Morgan fingerprint density at radius 3 is 1.89 bits per heavy atom. The first-order valence-corrected chi connectivity index (χ1v) is 5.30. The molecular weight excluding hydrogens is 253 g/mol. The lowest BCUT2D eigenvalue weighted by atomic mass is 10.0. The van der Waals surface area contributed by atoms with Gasteiger partial charge in [0.2, 0.25) is 5.54 Å². The van der Waals surface area contributed by atoms with E-state index in [-0.39, 0.29) is 12.0 Å². The van der Waals surface area contributed by atoms with E-state index in [0.29, 0.717) is 6.92 Å². The van der Waals surface area contributed by atoms with Gasteiger partial charge in [0, 0.05) is 6.04 Å². The van der Waals surface area contributed by atoms with Crippen molar-refractivity contribution in [3.05, 3.63) is 0 Å². The highest BCUT2D eigenvalue weighted by Crippen LogP contribution is 2.30. The summed E-state index contributed by atoms with van der Waals surface area (Å²) in [7, 11) is 0. The smallest absolute Gasteiger partial charge is 0.422 e. The molecule has 0 spiro atoms. The van der Waals surface area contributed by atoms with Crippen molar-refractivity contribution >= 4 is 12.0 Å². The summed E-state index contributed by atoms with van der Waals surface area (Å²) < 4.78 is 37.8. The summed E-state index contributed by atoms with van der Waals surface area (Å²) in [6.07, 6.45) is -5.09. The summed E-state index contributed by atoms with van der Waals surface area (Å²) in [6, 6.07) is -1.55. The van der Waals surface area contributed by atoms with Gasteiger partial charge in [-0.15, -0.1) is 0 Å². The van der Waals surface area contributed by atoms with Gasteiger partial charge < -0.3 is 15.7 Å². The highest BCUT2D eigenvalue weighted by atomic mass is 19.4. The van der Waals surface area contributed by atoms with E-state index in [4.69, 9.17) is 5.11 Å². The molecule has 2 atom stereocenters. The Bertz CT molecular complexity index is 331. The van der Waals surface area contributed by atoms with Crippen molar-refractivity contribution in [1.29, 1.82) is 0 Å². The third-order valence-corrected chi connectivity index (χ3v) is 2.72. The fourth-order valence-electron chi connectivity index (χ4n) is 0.882. The van der Waals surface area contributed by atoms with Crippen molar-refractivity contribution in [2.45, 2.75) is 45.5 Å². The van der Waals surface area contributed by atoms with E-state index < -0.39 is 23.7 Å². The first kappa shape index (κ1) is 16.5. The van der Waals surface area contributed by atoms with Crippen molar-refractivity contribution < 1.29 is 27.9 Å². The van der Waals surface area contributed by atoms with Gasteiger partial charge in [-0.25, -0.2) is 9.59 Å². The summed E-state index contributed by atoms with van der Waals surface area (Å²) in [5.74, 6) is -2.15. The molecule has 0 aliphatic rings. The zero-order valence-electron chi connectivity index (χ0n) is 10.6. The molecule has 5 nitrogen and oxygen atoms in total. The zero-order valence-corrected chi connectivity index (χ0v) is 10.6. The van der Waals surface area contributed by atoms with Gasteiger partial charge >= 0.3 is 18.2 Å². The largest absolute Gasteiger partial charge is 0.479 e. The molecule has 8 heteroatoms. The van der Waals surface area contributed by atoms with Gasteiger partial charge in [0.1, 0.15) is 0 Å². The Labute approximate surface area is 103 Å². The van der Waals surface area contributed by atoms with Crippen LogP contribution < -0.4 is 10.6 Å². The van der Waals surface area contributed by atoms with Gasteiger partial charge in [0.15, 0.2) is 0 Å². The summed E-state index contributed by atoms with van der Waals surface area (Å²) >= 11 is 0. The highest BCUT2D eigenvalue weighted by molar-refractivity contribution is 5.86. The van der Waals surface area contributed by atoms with E-state index >= 15 is 0 Å². The number of urea groups is 1. The number of rotatable bonds is 4. The van der Waals surface area contributed by atoms with Crippen molar-refractivity contribution in [1.82, 2.24) is 10.6 Å². The molecule has 2 amide bonds. The van der Waals surface area contributed by atoms with Crippen LogP contribution in [0.1, 0.15) is 27.7 Å². The van der Waals surface area contributed by atoms with Crippen molar-refractivity contribution in [3.8, 4) is 0 Å². The topological polar surface area (TPSA) is 78.4 Å². The lowest BCUT2D eigenvalue weighted by molar-refractivity contribution is -0.203. The lowest BCUT2D eigenvalue weighted by Crippen LogP contribution is -2.64. The van der Waals surface area contributed by atoms with E-state index in [1.54, 1.807) is 20.8 Å². The van der Waals surface area contributed by atoms with E-state index in [2.05, 4.69) is 5.32 Å². The molecule has 0 aromatic rings. The number of carbonyl (C=O) groups excluding carboxylic acids is 1. The fraction of sp³-hybridized carbons (Fsp3) is 0.800. The van der Waals surface area contributed by atoms with Gasteiger partial charge in [0.05, 0.1) is 0 Å². The van der Waals surface area contributed by atoms with E-state index in [0.717, 1.165) is 0 Å². The number of amides is 2. The van der Waals surface area contributed by atoms with Crippen LogP contribution in [-0.2, 0) is 4.79 Å². The van der Waals surface area contributed by atoms with Crippen LogP contribution in [0.3, 0.4) is 0 Å². The monoisotopic (exact) mass is 270 g/mol. The van der Waals surface area contributed by atoms with Crippen LogP contribution >= 0.6 is 0 Å². The molecule has 0 heterocycles. The quantitative estimate of drug-likeness (QED) is 0.728. The number of nitrogens with one attached hydrogen (secondary N) is 2. The van der Waals surface area contributed by atoms with E-state index in [1.807, 2.05) is 0 Å². The fourth-order valence-corrected chi connectivity index (χ4v) is 0.882. The number of hydrogen-bond donors (Lipinski definition) is 3. The van der Waals surface area contributed by atoms with Crippen LogP contribution in [-0.4, -0.2) is 34.9 Å². The molecule has 0 aromatic heterocycles. The minimum atomic E-state index is -5.09. The van der Waals surface area contributed by atoms with Crippen LogP contribution in [0.4, 0.5) is 18.0 Å². The molecular formula is C10H17F3N2O3. The molecule has 3 N–H and O–H groups in total. The van der Waals surface area contributed by atoms with Crippen molar-refractivity contribution in [2.75, 3.05) is 0 Å². The molecule has 0 aromatic carbocycles. The van der Waals surface area contributed by atoms with E-state index in [9.17, 15) is 22.8 Å². The Balaban J connectivity index is 4.83. The van der Waals surface area contributed by atoms with Gasteiger partial charge in [0.25, 0.3) is 0 Å². The molecule has 0 bridgehead atoms. The van der Waals surface area contributed by atoms with Crippen LogP contribution in [0.25, 0.3) is 0 Å². The Morgan fingerprint density at radius 2 is 1.61 bits per heavy atom. The Hall–Kier alpha value is -1.47. The number of hydrogen-bond acceptors (Lipinski definition) is 2. The number of carboxylic acids is 1. The number of aliphatic carboxylic acids is 1. The van der Waals surface area contributed by atoms with Gasteiger partial charge in [-0.2, -0.15) is 13.2 Å². The number of halogens is 3. The molecule has 0 saturated heterocycles. The Kier molecular flexibility index (Phi) is 5.00. The molecule has 0 rings (SSSR count). The number of carbonyl (C=O) groups is 2. The second-order valence-corrected chi connectivity index (χ2v) is 4.56. The van der Waals surface area contributed by atoms with E-state index in [1.165, 1.54) is 5.32 Å². The summed E-state index contributed by atoms with van der Waals surface area (Å²) in [5.41, 5.74) is -3.31. The maximum Gasteiger partial charge on any atom is 0.422 e. The summed E-state index contributed by atoms with van der Waals surface area (Å²) in [5, 5.41) is 12.3. The molecule has 0 aliphatic carbocycles. The van der Waals surface area contributed by atoms with Crippen molar-refractivity contribution in [2.24, 2.45) is 5.92 Å². The second kappa shape index (κ2) is 5.45. The lowest BCUT2D eigenvalue weighted by Gasteiger charge is -2.29. The Morgan fingerprint density at radius 1 is 1.17 bits per heavy atom. The predicted octanol–water partition coefficient (Wildman–Crippen LogP) is 1.74.